The number of amides is 1. The van der Waals surface area contributed by atoms with E-state index < -0.39 is 0 Å². The topological polar surface area (TPSA) is 29.5 Å². The van der Waals surface area contributed by atoms with E-state index in [0.29, 0.717) is 23.7 Å². The average Bonchev–Trinajstić information content (AvgIpc) is 2.70. The lowest BCUT2D eigenvalue weighted by atomic mass is 10.1. The van der Waals surface area contributed by atoms with Gasteiger partial charge >= 0.3 is 0 Å². The van der Waals surface area contributed by atoms with Crippen LogP contribution in [0, 0.1) is 5.92 Å². The molecule has 1 aromatic rings. The number of methoxy groups -OCH3 is 1. The first-order valence-electron chi connectivity index (χ1n) is 5.42. The quantitative estimate of drug-likeness (QED) is 0.773. The minimum absolute atomic E-state index is 0.0931. The second-order valence-corrected chi connectivity index (χ2v) is 4.46. The summed E-state index contributed by atoms with van der Waals surface area (Å²) in [6.45, 7) is 4.38. The van der Waals surface area contributed by atoms with Crippen LogP contribution in [0.15, 0.2) is 30.9 Å². The number of rotatable bonds is 3. The molecular weight excluding hydrogens is 238 g/mol. The Balaban J connectivity index is 2.34. The predicted octanol–water partition coefficient (Wildman–Crippen LogP) is 2.89. The Morgan fingerprint density at radius 3 is 2.94 bits per heavy atom. The smallest absolute Gasteiger partial charge is 0.227 e. The van der Waals surface area contributed by atoms with E-state index in [1.165, 1.54) is 0 Å². The molecular formula is C13H14ClNO2. The van der Waals surface area contributed by atoms with Crippen LogP contribution in [-0.4, -0.2) is 19.6 Å². The molecule has 0 radical (unpaired) electrons. The highest BCUT2D eigenvalue weighted by molar-refractivity contribution is 6.30. The van der Waals surface area contributed by atoms with Crippen LogP contribution < -0.4 is 9.64 Å². The molecule has 0 spiro atoms. The normalized spacial score (nSPS) is 19.5. The van der Waals surface area contributed by atoms with Gasteiger partial charge in [0.1, 0.15) is 5.75 Å². The van der Waals surface area contributed by atoms with Crippen molar-refractivity contribution in [2.24, 2.45) is 5.92 Å². The molecule has 1 saturated heterocycles. The van der Waals surface area contributed by atoms with E-state index in [0.717, 1.165) is 5.69 Å². The molecule has 2 rings (SSSR count). The van der Waals surface area contributed by atoms with Gasteiger partial charge < -0.3 is 9.64 Å². The fraction of sp³-hybridized carbons (Fsp3) is 0.308. The summed E-state index contributed by atoms with van der Waals surface area (Å²) in [6.07, 6.45) is 2.33. The maximum absolute atomic E-state index is 11.9. The van der Waals surface area contributed by atoms with Gasteiger partial charge in [0, 0.05) is 30.0 Å². The summed E-state index contributed by atoms with van der Waals surface area (Å²) in [5.41, 5.74) is 0.770. The summed E-state index contributed by atoms with van der Waals surface area (Å²) in [5.74, 6) is 0.925. The van der Waals surface area contributed by atoms with Gasteiger partial charge in [0.25, 0.3) is 0 Å². The van der Waals surface area contributed by atoms with Crippen LogP contribution >= 0.6 is 11.6 Å². The first-order valence-corrected chi connectivity index (χ1v) is 5.80. The Bertz CT molecular complexity index is 459. The lowest BCUT2D eigenvalue weighted by Gasteiger charge is -2.19. The number of ether oxygens (including phenoxy) is 1. The first-order chi connectivity index (χ1) is 8.15. The summed E-state index contributed by atoms with van der Waals surface area (Å²) < 4.78 is 5.25. The van der Waals surface area contributed by atoms with Crippen LogP contribution in [0.25, 0.3) is 0 Å². The van der Waals surface area contributed by atoms with Gasteiger partial charge in [0.15, 0.2) is 0 Å². The number of benzene rings is 1. The zero-order valence-corrected chi connectivity index (χ0v) is 10.4. The van der Waals surface area contributed by atoms with Crippen molar-refractivity contribution in [3.63, 3.8) is 0 Å². The number of nitrogens with zero attached hydrogens (tertiary/aromatic N) is 1. The van der Waals surface area contributed by atoms with Gasteiger partial charge in [-0.25, -0.2) is 0 Å². The SMILES string of the molecule is C=CC1CC(=O)N(c2ccc(Cl)cc2OC)C1. The van der Waals surface area contributed by atoms with Crippen LogP contribution in [0.2, 0.25) is 5.02 Å². The minimum Gasteiger partial charge on any atom is -0.495 e. The molecule has 1 aromatic carbocycles. The molecule has 0 bridgehead atoms. The number of carbonyl (C=O) groups excluding carboxylic acids is 1. The van der Waals surface area contributed by atoms with Crippen LogP contribution in [0.5, 0.6) is 5.75 Å². The molecule has 1 amide bonds. The van der Waals surface area contributed by atoms with E-state index in [4.69, 9.17) is 16.3 Å². The van der Waals surface area contributed by atoms with Crippen LogP contribution in [-0.2, 0) is 4.79 Å². The van der Waals surface area contributed by atoms with Gasteiger partial charge in [0.05, 0.1) is 12.8 Å². The summed E-state index contributed by atoms with van der Waals surface area (Å²) in [6, 6.07) is 5.28. The van der Waals surface area contributed by atoms with E-state index in [2.05, 4.69) is 6.58 Å². The number of anilines is 1. The van der Waals surface area contributed by atoms with Crippen molar-refractivity contribution in [3.8, 4) is 5.75 Å². The Kier molecular flexibility index (Phi) is 3.38. The van der Waals surface area contributed by atoms with Gasteiger partial charge in [-0.05, 0) is 12.1 Å². The standard InChI is InChI=1S/C13H14ClNO2/c1-3-9-6-13(16)15(8-9)11-5-4-10(14)7-12(11)17-2/h3-5,7,9H,1,6,8H2,2H3. The Hall–Kier alpha value is -1.48. The molecule has 1 heterocycles. The van der Waals surface area contributed by atoms with Crippen molar-refractivity contribution in [1.82, 2.24) is 0 Å². The third kappa shape index (κ3) is 2.29. The maximum atomic E-state index is 11.9. The van der Waals surface area contributed by atoms with E-state index in [-0.39, 0.29) is 11.8 Å². The fourth-order valence-electron chi connectivity index (χ4n) is 2.00. The summed E-state index contributed by atoms with van der Waals surface area (Å²) in [4.78, 5) is 13.6. The number of carbonyl (C=O) groups is 1. The van der Waals surface area contributed by atoms with E-state index in [1.807, 2.05) is 12.1 Å². The number of halogens is 1. The van der Waals surface area contributed by atoms with Crippen molar-refractivity contribution < 1.29 is 9.53 Å². The molecule has 0 aliphatic carbocycles. The van der Waals surface area contributed by atoms with Crippen molar-refractivity contribution >= 4 is 23.2 Å². The first kappa shape index (κ1) is 12.0. The molecule has 3 nitrogen and oxygen atoms in total. The lowest BCUT2D eigenvalue weighted by Crippen LogP contribution is -2.24. The van der Waals surface area contributed by atoms with Crippen LogP contribution in [0.1, 0.15) is 6.42 Å². The lowest BCUT2D eigenvalue weighted by molar-refractivity contribution is -0.117. The third-order valence-corrected chi connectivity index (χ3v) is 3.16. The van der Waals surface area contributed by atoms with Gasteiger partial charge in [-0.2, -0.15) is 0 Å². The summed E-state index contributed by atoms with van der Waals surface area (Å²) >= 11 is 5.89. The molecule has 1 unspecified atom stereocenters. The second-order valence-electron chi connectivity index (χ2n) is 4.02. The van der Waals surface area contributed by atoms with E-state index >= 15 is 0 Å². The Morgan fingerprint density at radius 2 is 2.35 bits per heavy atom. The molecule has 1 fully saturated rings. The van der Waals surface area contributed by atoms with E-state index in [1.54, 1.807) is 24.1 Å². The molecule has 17 heavy (non-hydrogen) atoms. The fourth-order valence-corrected chi connectivity index (χ4v) is 2.16. The number of hydrogen-bond donors (Lipinski definition) is 0. The van der Waals surface area contributed by atoms with Crippen LogP contribution in [0.4, 0.5) is 5.69 Å². The predicted molar refractivity (Wildman–Crippen MR) is 68.7 cm³/mol. The van der Waals surface area contributed by atoms with E-state index in [9.17, 15) is 4.79 Å². The summed E-state index contributed by atoms with van der Waals surface area (Å²) in [5, 5.41) is 0.595. The minimum atomic E-state index is 0.0931. The van der Waals surface area contributed by atoms with Gasteiger partial charge in [0.2, 0.25) is 5.91 Å². The molecule has 1 aliphatic rings. The molecule has 1 atom stereocenters. The Morgan fingerprint density at radius 1 is 1.59 bits per heavy atom. The summed E-state index contributed by atoms with van der Waals surface area (Å²) in [7, 11) is 1.57. The molecule has 4 heteroatoms. The van der Waals surface area contributed by atoms with Gasteiger partial charge in [-0.15, -0.1) is 6.58 Å². The highest BCUT2D eigenvalue weighted by Crippen LogP contribution is 2.35. The monoisotopic (exact) mass is 251 g/mol. The van der Waals surface area contributed by atoms with Crippen molar-refractivity contribution in [2.45, 2.75) is 6.42 Å². The van der Waals surface area contributed by atoms with Gasteiger partial charge in [-0.3, -0.25) is 4.79 Å². The zero-order chi connectivity index (χ0) is 12.4. The molecule has 0 aromatic heterocycles. The maximum Gasteiger partial charge on any atom is 0.227 e. The van der Waals surface area contributed by atoms with Gasteiger partial charge in [-0.1, -0.05) is 17.7 Å². The van der Waals surface area contributed by atoms with Crippen molar-refractivity contribution in [2.75, 3.05) is 18.6 Å². The second kappa shape index (κ2) is 4.80. The van der Waals surface area contributed by atoms with Crippen molar-refractivity contribution in [1.29, 1.82) is 0 Å². The molecule has 0 N–H and O–H groups in total. The zero-order valence-electron chi connectivity index (χ0n) is 9.65. The average molecular weight is 252 g/mol. The molecule has 0 saturated carbocycles. The molecule has 1 aliphatic heterocycles. The highest BCUT2D eigenvalue weighted by Gasteiger charge is 2.30. The third-order valence-electron chi connectivity index (χ3n) is 2.92. The highest BCUT2D eigenvalue weighted by atomic mass is 35.5. The largest absolute Gasteiger partial charge is 0.495 e. The van der Waals surface area contributed by atoms with Crippen molar-refractivity contribution in [3.05, 3.63) is 35.9 Å². The molecule has 90 valence electrons. The van der Waals surface area contributed by atoms with Crippen LogP contribution in [0.3, 0.4) is 0 Å². The Labute approximate surface area is 106 Å². The number of hydrogen-bond acceptors (Lipinski definition) is 2.